The van der Waals surface area contributed by atoms with Crippen molar-refractivity contribution in [1.82, 2.24) is 0 Å². The first-order valence-corrected chi connectivity index (χ1v) is 12.8. The number of hydrogen-bond acceptors (Lipinski definition) is 10. The lowest BCUT2D eigenvalue weighted by Gasteiger charge is -2.44. The third kappa shape index (κ3) is 6.57. The summed E-state index contributed by atoms with van der Waals surface area (Å²) < 4.78 is 96.9. The van der Waals surface area contributed by atoms with Crippen LogP contribution in [-0.4, -0.2) is 63.6 Å². The van der Waals surface area contributed by atoms with Gasteiger partial charge < -0.3 is 18.9 Å². The van der Waals surface area contributed by atoms with Crippen molar-refractivity contribution < 1.29 is 53.3 Å². The Morgan fingerprint density at radius 2 is 1.00 bits per heavy atom. The summed E-state index contributed by atoms with van der Waals surface area (Å²) in [5.41, 5.74) is 1.16. The van der Waals surface area contributed by atoms with Crippen LogP contribution in [0.2, 0.25) is 0 Å². The molecular weight excluding hydrogens is 496 g/mol. The first-order chi connectivity index (χ1) is 16.1. The monoisotopic (exact) mass is 518 g/mol. The van der Waals surface area contributed by atoms with Crippen LogP contribution in [0.5, 0.6) is 0 Å². The Morgan fingerprint density at radius 3 is 1.32 bits per heavy atom. The van der Waals surface area contributed by atoms with Gasteiger partial charge in [-0.2, -0.15) is 16.8 Å². The van der Waals surface area contributed by atoms with Gasteiger partial charge in [-0.05, 0) is 0 Å². The molecule has 2 aliphatic heterocycles. The van der Waals surface area contributed by atoms with Gasteiger partial charge in [0.25, 0.3) is 0 Å². The van der Waals surface area contributed by atoms with Crippen LogP contribution in [0.3, 0.4) is 0 Å². The van der Waals surface area contributed by atoms with Crippen LogP contribution in [-0.2, 0) is 48.1 Å². The molecule has 6 atom stereocenters. The first kappa shape index (κ1) is 25.1. The van der Waals surface area contributed by atoms with E-state index >= 15 is 0 Å². The summed E-state index contributed by atoms with van der Waals surface area (Å²) in [5, 5.41) is 0. The lowest BCUT2D eigenvalue weighted by atomic mass is 10.0. The average Bonchev–Trinajstić information content (AvgIpc) is 2.79. The topological polar surface area (TPSA) is 164 Å². The predicted molar refractivity (Wildman–Crippen MR) is 113 cm³/mol. The highest BCUT2D eigenvalue weighted by atomic mass is 32.3. The van der Waals surface area contributed by atoms with E-state index in [4.69, 9.17) is 27.3 Å². The predicted octanol–water partition coefficient (Wildman–Crippen LogP) is 1.59. The molecule has 4 rings (SSSR count). The first-order valence-electron chi connectivity index (χ1n) is 10.0. The molecule has 2 fully saturated rings. The van der Waals surface area contributed by atoms with E-state index in [9.17, 15) is 25.9 Å². The van der Waals surface area contributed by atoms with Gasteiger partial charge >= 0.3 is 20.8 Å². The Labute approximate surface area is 196 Å². The van der Waals surface area contributed by atoms with Gasteiger partial charge in [-0.1, -0.05) is 60.7 Å². The summed E-state index contributed by atoms with van der Waals surface area (Å²) >= 11 is 0. The van der Waals surface area contributed by atoms with E-state index in [0.717, 1.165) is 0 Å². The molecule has 2 aromatic rings. The van der Waals surface area contributed by atoms with Crippen molar-refractivity contribution in [2.75, 3.05) is 13.2 Å². The van der Waals surface area contributed by atoms with Crippen molar-refractivity contribution in [3.05, 3.63) is 71.8 Å². The summed E-state index contributed by atoms with van der Waals surface area (Å²) in [6.07, 6.45) is -7.55. The highest BCUT2D eigenvalue weighted by molar-refractivity contribution is 7.81. The second-order valence-electron chi connectivity index (χ2n) is 7.48. The normalized spacial score (nSPS) is 30.6. The molecule has 2 aromatic carbocycles. The number of ether oxygens (including phenoxy) is 4. The lowest BCUT2D eigenvalue weighted by molar-refractivity contribution is -0.326. The Balaban J connectivity index is 1.67. The molecule has 2 N–H and O–H groups in total. The molecule has 0 spiro atoms. The van der Waals surface area contributed by atoms with Crippen molar-refractivity contribution in [1.29, 1.82) is 0 Å². The van der Waals surface area contributed by atoms with Crippen LogP contribution in [0.1, 0.15) is 23.7 Å². The molecule has 2 saturated heterocycles. The fraction of sp³-hybridized carbons (Fsp3) is 0.400. The van der Waals surface area contributed by atoms with E-state index in [1.54, 1.807) is 60.7 Å². The quantitative estimate of drug-likeness (QED) is 0.509. The van der Waals surface area contributed by atoms with Gasteiger partial charge in [0.2, 0.25) is 0 Å². The van der Waals surface area contributed by atoms with Crippen molar-refractivity contribution in [2.24, 2.45) is 0 Å². The summed E-state index contributed by atoms with van der Waals surface area (Å²) in [7, 11) is -9.90. The molecule has 0 bridgehead atoms. The molecule has 6 unspecified atom stereocenters. The Bertz CT molecular complexity index is 1060. The fourth-order valence-electron chi connectivity index (χ4n) is 3.72. The van der Waals surface area contributed by atoms with Gasteiger partial charge in [-0.15, -0.1) is 0 Å². The van der Waals surface area contributed by atoms with Gasteiger partial charge in [-0.3, -0.25) is 9.11 Å². The average molecular weight is 519 g/mol. The Hall–Kier alpha value is -1.98. The largest absolute Gasteiger partial charge is 0.397 e. The smallest absolute Gasteiger partial charge is 0.346 e. The van der Waals surface area contributed by atoms with Gasteiger partial charge in [0.05, 0.1) is 13.2 Å². The third-order valence-corrected chi connectivity index (χ3v) is 6.06. The van der Waals surface area contributed by atoms with E-state index in [0.29, 0.717) is 11.1 Å². The lowest BCUT2D eigenvalue weighted by Crippen LogP contribution is -2.57. The van der Waals surface area contributed by atoms with Crippen molar-refractivity contribution >= 4 is 20.8 Å². The molecule has 186 valence electrons. The number of rotatable bonds is 7. The summed E-state index contributed by atoms with van der Waals surface area (Å²) in [4.78, 5) is 0. The van der Waals surface area contributed by atoms with E-state index in [1.165, 1.54) is 0 Å². The van der Waals surface area contributed by atoms with Crippen molar-refractivity contribution in [3.63, 3.8) is 0 Å². The summed E-state index contributed by atoms with van der Waals surface area (Å²) in [5.74, 6) is 0. The van der Waals surface area contributed by atoms with E-state index < -0.39 is 57.8 Å². The molecule has 34 heavy (non-hydrogen) atoms. The molecule has 14 heteroatoms. The summed E-state index contributed by atoms with van der Waals surface area (Å²) in [6.45, 7) is -0.724. The van der Waals surface area contributed by atoms with Crippen LogP contribution >= 0.6 is 0 Å². The van der Waals surface area contributed by atoms with Gasteiger partial charge in [0.1, 0.15) is 24.4 Å². The second-order valence-corrected chi connectivity index (χ2v) is 9.57. The van der Waals surface area contributed by atoms with Crippen LogP contribution in [0.25, 0.3) is 0 Å². The van der Waals surface area contributed by atoms with E-state index in [1.807, 2.05) is 0 Å². The van der Waals surface area contributed by atoms with Crippen molar-refractivity contribution in [3.8, 4) is 0 Å². The molecule has 2 heterocycles. The maximum absolute atomic E-state index is 11.5. The van der Waals surface area contributed by atoms with Gasteiger partial charge in [0.15, 0.2) is 12.6 Å². The zero-order chi connectivity index (χ0) is 24.3. The molecule has 0 radical (unpaired) electrons. The number of hydrogen-bond donors (Lipinski definition) is 2. The Kier molecular flexibility index (Phi) is 7.63. The molecule has 0 amide bonds. The minimum absolute atomic E-state index is 0.362. The van der Waals surface area contributed by atoms with E-state index in [-0.39, 0.29) is 13.2 Å². The Morgan fingerprint density at radius 1 is 0.647 bits per heavy atom. The highest BCUT2D eigenvalue weighted by Gasteiger charge is 2.49. The van der Waals surface area contributed by atoms with Crippen LogP contribution in [0.15, 0.2) is 60.7 Å². The SMILES string of the molecule is O=S(=O)(O)OC1COC(c2ccccc2)OC1C1OC(c2ccccc2)OCC1OS(=O)(=O)O. The van der Waals surface area contributed by atoms with E-state index in [2.05, 4.69) is 0 Å². The number of benzene rings is 2. The summed E-state index contributed by atoms with van der Waals surface area (Å²) in [6, 6.07) is 17.3. The molecule has 0 aromatic heterocycles. The highest BCUT2D eigenvalue weighted by Crippen LogP contribution is 2.37. The van der Waals surface area contributed by atoms with Gasteiger partial charge in [-0.25, -0.2) is 8.37 Å². The molecule has 0 saturated carbocycles. The van der Waals surface area contributed by atoms with Gasteiger partial charge in [0, 0.05) is 11.1 Å². The van der Waals surface area contributed by atoms with Crippen LogP contribution < -0.4 is 0 Å². The third-order valence-electron chi connectivity index (χ3n) is 5.08. The minimum atomic E-state index is -4.95. The molecule has 12 nitrogen and oxygen atoms in total. The van der Waals surface area contributed by atoms with Crippen LogP contribution in [0.4, 0.5) is 0 Å². The second kappa shape index (κ2) is 10.3. The van der Waals surface area contributed by atoms with Crippen molar-refractivity contribution in [2.45, 2.75) is 37.0 Å². The zero-order valence-electron chi connectivity index (χ0n) is 17.4. The molecule has 2 aliphatic rings. The minimum Gasteiger partial charge on any atom is -0.346 e. The molecular formula is C20H22O12S2. The standard InChI is InChI=1S/C20H22O12S2/c21-33(22,23)31-15-11-27-19(13-7-3-1-4-8-13)29-17(15)18-16(32-34(24,25)26)12-28-20(30-18)14-9-5-2-6-10-14/h1-10,15-20H,11-12H2,(H,21,22,23)(H,24,25,26). The maximum atomic E-state index is 11.5. The van der Waals surface area contributed by atoms with Crippen LogP contribution in [0, 0.1) is 0 Å². The maximum Gasteiger partial charge on any atom is 0.397 e. The zero-order valence-corrected chi connectivity index (χ0v) is 19.1. The fourth-order valence-corrected chi connectivity index (χ4v) is 4.67. The molecule has 0 aliphatic carbocycles.